The first-order chi connectivity index (χ1) is 13.1. The van der Waals surface area contributed by atoms with E-state index in [0.29, 0.717) is 30.4 Å². The number of aromatic nitrogens is 2. The molecule has 1 aromatic heterocycles. The van der Waals surface area contributed by atoms with Crippen molar-refractivity contribution >= 4 is 5.69 Å². The number of nitrogens with zero attached hydrogens (tertiary/aromatic N) is 3. The SMILES string of the molecule is COc1cc(N2CCOCC2)ccc1C1C(C#N)=C(N)Oc2n[nH]c(C)c21. The molecule has 0 radical (unpaired) electrons. The van der Waals surface area contributed by atoms with Crippen LogP contribution >= 0.6 is 0 Å². The summed E-state index contributed by atoms with van der Waals surface area (Å²) >= 11 is 0. The molecule has 1 saturated heterocycles. The van der Waals surface area contributed by atoms with Gasteiger partial charge in [-0.15, -0.1) is 5.10 Å². The van der Waals surface area contributed by atoms with Crippen LogP contribution in [0.25, 0.3) is 0 Å². The zero-order valence-electron chi connectivity index (χ0n) is 15.3. The largest absolute Gasteiger partial charge is 0.496 e. The quantitative estimate of drug-likeness (QED) is 0.851. The molecular weight excluding hydrogens is 346 g/mol. The molecule has 4 rings (SSSR count). The van der Waals surface area contributed by atoms with E-state index in [1.54, 1.807) is 7.11 Å². The summed E-state index contributed by atoms with van der Waals surface area (Å²) in [5.74, 6) is 0.762. The van der Waals surface area contributed by atoms with Gasteiger partial charge in [-0.05, 0) is 13.0 Å². The van der Waals surface area contributed by atoms with Gasteiger partial charge in [0.2, 0.25) is 11.8 Å². The average molecular weight is 367 g/mol. The summed E-state index contributed by atoms with van der Waals surface area (Å²) in [6.07, 6.45) is 0. The van der Waals surface area contributed by atoms with E-state index in [1.807, 2.05) is 25.1 Å². The van der Waals surface area contributed by atoms with Crippen molar-refractivity contribution in [3.8, 4) is 17.7 Å². The summed E-state index contributed by atoms with van der Waals surface area (Å²) in [7, 11) is 1.63. The molecule has 0 aliphatic carbocycles. The van der Waals surface area contributed by atoms with E-state index in [2.05, 4.69) is 21.2 Å². The lowest BCUT2D eigenvalue weighted by Crippen LogP contribution is -2.36. The molecule has 8 heteroatoms. The number of hydrogen-bond donors (Lipinski definition) is 2. The Kier molecular flexibility index (Phi) is 4.38. The third-order valence-corrected chi connectivity index (χ3v) is 5.03. The van der Waals surface area contributed by atoms with Gasteiger partial charge in [0.05, 0.1) is 26.2 Å². The molecule has 1 aromatic carbocycles. The number of aromatic amines is 1. The Morgan fingerprint density at radius 3 is 2.85 bits per heavy atom. The second-order valence-electron chi connectivity index (χ2n) is 6.52. The van der Waals surface area contributed by atoms with Gasteiger partial charge < -0.3 is 24.8 Å². The van der Waals surface area contributed by atoms with Crippen LogP contribution in [-0.4, -0.2) is 43.6 Å². The Morgan fingerprint density at radius 1 is 1.37 bits per heavy atom. The molecule has 2 aliphatic rings. The lowest BCUT2D eigenvalue weighted by atomic mass is 9.83. The molecule has 0 bridgehead atoms. The minimum atomic E-state index is -0.397. The van der Waals surface area contributed by atoms with Crippen LogP contribution in [0.1, 0.15) is 22.7 Å². The monoisotopic (exact) mass is 367 g/mol. The summed E-state index contributed by atoms with van der Waals surface area (Å²) in [5, 5.41) is 16.8. The fourth-order valence-corrected chi connectivity index (χ4v) is 3.67. The maximum absolute atomic E-state index is 9.71. The lowest BCUT2D eigenvalue weighted by Gasteiger charge is -2.30. The van der Waals surface area contributed by atoms with Crippen LogP contribution in [0.4, 0.5) is 5.69 Å². The number of nitriles is 1. The number of H-pyrrole nitrogens is 1. The number of allylic oxidation sites excluding steroid dienone is 1. The number of morpholine rings is 1. The van der Waals surface area contributed by atoms with E-state index in [1.165, 1.54) is 0 Å². The number of nitrogens with two attached hydrogens (primary N) is 1. The third-order valence-electron chi connectivity index (χ3n) is 5.03. The van der Waals surface area contributed by atoms with E-state index < -0.39 is 5.92 Å². The number of hydrogen-bond acceptors (Lipinski definition) is 7. The van der Waals surface area contributed by atoms with Crippen molar-refractivity contribution < 1.29 is 14.2 Å². The Morgan fingerprint density at radius 2 is 2.15 bits per heavy atom. The van der Waals surface area contributed by atoms with Gasteiger partial charge in [-0.1, -0.05) is 6.07 Å². The second kappa shape index (κ2) is 6.85. The number of benzene rings is 1. The van der Waals surface area contributed by atoms with Crippen LogP contribution in [0.3, 0.4) is 0 Å². The summed E-state index contributed by atoms with van der Waals surface area (Å²) in [4.78, 5) is 2.25. The molecule has 27 heavy (non-hydrogen) atoms. The van der Waals surface area contributed by atoms with Crippen molar-refractivity contribution in [3.05, 3.63) is 46.5 Å². The Labute approximate surface area is 157 Å². The van der Waals surface area contributed by atoms with Crippen molar-refractivity contribution in [2.24, 2.45) is 5.73 Å². The molecular formula is C19H21N5O3. The maximum Gasteiger partial charge on any atom is 0.244 e. The molecule has 3 N–H and O–H groups in total. The minimum Gasteiger partial charge on any atom is -0.496 e. The number of methoxy groups -OCH3 is 1. The van der Waals surface area contributed by atoms with Crippen LogP contribution in [-0.2, 0) is 4.74 Å². The van der Waals surface area contributed by atoms with Crippen molar-refractivity contribution in [1.82, 2.24) is 10.2 Å². The summed E-state index contributed by atoms with van der Waals surface area (Å²) in [6.45, 7) is 4.98. The third kappa shape index (κ3) is 2.86. The molecule has 0 spiro atoms. The summed E-state index contributed by atoms with van der Waals surface area (Å²) in [6, 6.07) is 8.22. The van der Waals surface area contributed by atoms with Crippen molar-refractivity contribution in [2.75, 3.05) is 38.3 Å². The van der Waals surface area contributed by atoms with Gasteiger partial charge in [0.25, 0.3) is 0 Å². The Balaban J connectivity index is 1.82. The zero-order valence-corrected chi connectivity index (χ0v) is 15.3. The van der Waals surface area contributed by atoms with Gasteiger partial charge in [-0.25, -0.2) is 0 Å². The van der Waals surface area contributed by atoms with Crippen LogP contribution in [0.5, 0.6) is 11.6 Å². The van der Waals surface area contributed by atoms with Gasteiger partial charge in [-0.3, -0.25) is 5.10 Å². The minimum absolute atomic E-state index is 0.0702. The van der Waals surface area contributed by atoms with Gasteiger partial charge in [0, 0.05) is 41.7 Å². The number of rotatable bonds is 3. The first-order valence-electron chi connectivity index (χ1n) is 8.77. The number of nitrogens with one attached hydrogen (secondary N) is 1. The molecule has 3 heterocycles. The highest BCUT2D eigenvalue weighted by Gasteiger charge is 2.36. The van der Waals surface area contributed by atoms with Crippen molar-refractivity contribution in [2.45, 2.75) is 12.8 Å². The number of aryl methyl sites for hydroxylation is 1. The van der Waals surface area contributed by atoms with Crippen LogP contribution < -0.4 is 20.1 Å². The fourth-order valence-electron chi connectivity index (χ4n) is 3.67. The maximum atomic E-state index is 9.71. The van der Waals surface area contributed by atoms with Crippen molar-refractivity contribution in [3.63, 3.8) is 0 Å². The number of anilines is 1. The summed E-state index contributed by atoms with van der Waals surface area (Å²) in [5.41, 5.74) is 9.89. The highest BCUT2D eigenvalue weighted by atomic mass is 16.5. The van der Waals surface area contributed by atoms with E-state index in [9.17, 15) is 5.26 Å². The van der Waals surface area contributed by atoms with Crippen molar-refractivity contribution in [1.29, 1.82) is 5.26 Å². The number of fused-ring (bicyclic) bond motifs is 1. The molecule has 1 atom stereocenters. The molecule has 1 unspecified atom stereocenters. The molecule has 1 fully saturated rings. The van der Waals surface area contributed by atoms with Crippen LogP contribution in [0.2, 0.25) is 0 Å². The molecule has 0 amide bonds. The van der Waals surface area contributed by atoms with Gasteiger partial charge in [0.1, 0.15) is 17.4 Å². The van der Waals surface area contributed by atoms with E-state index in [-0.39, 0.29) is 5.88 Å². The van der Waals surface area contributed by atoms with E-state index >= 15 is 0 Å². The topological polar surface area (TPSA) is 109 Å². The molecule has 2 aliphatic heterocycles. The summed E-state index contributed by atoms with van der Waals surface area (Å²) < 4.78 is 16.6. The molecule has 8 nitrogen and oxygen atoms in total. The average Bonchev–Trinajstić information content (AvgIpc) is 3.07. The second-order valence-corrected chi connectivity index (χ2v) is 6.52. The van der Waals surface area contributed by atoms with Gasteiger partial charge in [-0.2, -0.15) is 5.26 Å². The van der Waals surface area contributed by atoms with E-state index in [4.69, 9.17) is 19.9 Å². The molecule has 0 saturated carbocycles. The van der Waals surface area contributed by atoms with Gasteiger partial charge >= 0.3 is 0 Å². The highest BCUT2D eigenvalue weighted by Crippen LogP contribution is 2.46. The zero-order chi connectivity index (χ0) is 19.0. The van der Waals surface area contributed by atoms with Gasteiger partial charge in [0.15, 0.2) is 0 Å². The van der Waals surface area contributed by atoms with E-state index in [0.717, 1.165) is 35.6 Å². The smallest absolute Gasteiger partial charge is 0.244 e. The standard InChI is InChI=1S/C19H21N5O3/c1-11-16-17(14(10-20)18(21)27-19(16)23-22-11)13-4-3-12(9-15(13)25-2)24-5-7-26-8-6-24/h3-4,9,17H,5-8,21H2,1-2H3,(H,22,23). The Hall–Kier alpha value is -3.18. The Bertz CT molecular complexity index is 937. The number of ether oxygens (including phenoxy) is 3. The predicted molar refractivity (Wildman–Crippen MR) is 98.6 cm³/mol. The van der Waals surface area contributed by atoms with Crippen LogP contribution in [0, 0.1) is 18.3 Å². The lowest BCUT2D eigenvalue weighted by molar-refractivity contribution is 0.122. The predicted octanol–water partition coefficient (Wildman–Crippen LogP) is 1.78. The normalized spacial score (nSPS) is 19.3. The first-order valence-corrected chi connectivity index (χ1v) is 8.77. The molecule has 2 aromatic rings. The fraction of sp³-hybridized carbons (Fsp3) is 0.368. The first kappa shape index (κ1) is 17.2. The highest BCUT2D eigenvalue weighted by molar-refractivity contribution is 5.62. The molecule has 140 valence electrons. The van der Waals surface area contributed by atoms with Crippen LogP contribution in [0.15, 0.2) is 29.7 Å².